The van der Waals surface area contributed by atoms with E-state index in [2.05, 4.69) is 0 Å². The standard InChI is InChI=1S/2C2H6O.2ClH.Zr/c2*1-2-3;;;/h2*3H,2H2,1H3;2*1H;/q;;;;+2/p-2. The van der Waals surface area contributed by atoms with Crippen LogP contribution in [0.15, 0.2) is 0 Å². The van der Waals surface area contributed by atoms with Crippen molar-refractivity contribution < 1.29 is 31.1 Å². The van der Waals surface area contributed by atoms with Crippen LogP contribution in [0.25, 0.3) is 0 Å². The fourth-order valence-corrected chi connectivity index (χ4v) is 0. The van der Waals surface area contributed by atoms with Gasteiger partial charge in [-0.2, -0.15) is 0 Å². The molecule has 0 saturated heterocycles. The molecular formula is C4H12Cl2O2Zr. The molecule has 0 spiro atoms. The van der Waals surface area contributed by atoms with E-state index < -0.39 is 20.8 Å². The molecule has 0 aliphatic carbocycles. The van der Waals surface area contributed by atoms with Crippen LogP contribution in [0.3, 0.4) is 0 Å². The van der Waals surface area contributed by atoms with Gasteiger partial charge < -0.3 is 10.2 Å². The number of hydrogen-bond donors (Lipinski definition) is 2. The summed E-state index contributed by atoms with van der Waals surface area (Å²) in [4.78, 5) is 0. The van der Waals surface area contributed by atoms with E-state index in [1.165, 1.54) is 0 Å². The van der Waals surface area contributed by atoms with Crippen molar-refractivity contribution in [3.05, 3.63) is 0 Å². The Morgan fingerprint density at radius 2 is 1.11 bits per heavy atom. The third kappa shape index (κ3) is 267. The molecule has 5 heteroatoms. The molecule has 0 aromatic rings. The van der Waals surface area contributed by atoms with Crippen molar-refractivity contribution in [1.29, 1.82) is 0 Å². The molecule has 0 aromatic heterocycles. The number of aliphatic hydroxyl groups is 2. The summed E-state index contributed by atoms with van der Waals surface area (Å²) < 4.78 is 0. The Morgan fingerprint density at radius 3 is 1.11 bits per heavy atom. The summed E-state index contributed by atoms with van der Waals surface area (Å²) >= 11 is -0.826. The molecule has 0 aromatic carbocycles. The molecule has 9 heavy (non-hydrogen) atoms. The molecule has 0 aliphatic heterocycles. The van der Waals surface area contributed by atoms with Crippen LogP contribution >= 0.6 is 17.0 Å². The summed E-state index contributed by atoms with van der Waals surface area (Å²) in [6.45, 7) is 3.86. The third-order valence-corrected chi connectivity index (χ3v) is 0. The zero-order valence-corrected chi connectivity index (χ0v) is 9.53. The van der Waals surface area contributed by atoms with Crippen molar-refractivity contribution in [1.82, 2.24) is 0 Å². The van der Waals surface area contributed by atoms with Gasteiger partial charge in [-0.1, -0.05) is 0 Å². The summed E-state index contributed by atoms with van der Waals surface area (Å²) in [5.41, 5.74) is 0. The second-order valence-electron chi connectivity index (χ2n) is 0.704. The quantitative estimate of drug-likeness (QED) is 0.685. The molecule has 0 unspecified atom stereocenters. The second kappa shape index (κ2) is 34.3. The van der Waals surface area contributed by atoms with Crippen LogP contribution in [0.1, 0.15) is 13.8 Å². The third-order valence-electron chi connectivity index (χ3n) is 0. The fourth-order valence-electron chi connectivity index (χ4n) is 0. The van der Waals surface area contributed by atoms with E-state index >= 15 is 0 Å². The van der Waals surface area contributed by atoms with Crippen molar-refractivity contribution in [2.75, 3.05) is 13.2 Å². The van der Waals surface area contributed by atoms with Crippen LogP contribution in [0.5, 0.6) is 0 Å². The molecule has 0 aliphatic rings. The van der Waals surface area contributed by atoms with E-state index in [-0.39, 0.29) is 13.2 Å². The van der Waals surface area contributed by atoms with Crippen LogP contribution in [0, 0.1) is 0 Å². The molecular weight excluding hydrogens is 242 g/mol. The van der Waals surface area contributed by atoms with Crippen LogP contribution in [-0.4, -0.2) is 23.4 Å². The normalized spacial score (nSPS) is 5.56. The van der Waals surface area contributed by atoms with E-state index in [4.69, 9.17) is 27.2 Å². The molecule has 0 saturated carbocycles. The van der Waals surface area contributed by atoms with E-state index in [0.717, 1.165) is 0 Å². The first-order valence-corrected chi connectivity index (χ1v) is 8.75. The van der Waals surface area contributed by atoms with E-state index in [9.17, 15) is 0 Å². The predicted molar refractivity (Wildman–Crippen MR) is 37.2 cm³/mol. The Kier molecular flexibility index (Phi) is 64.0. The van der Waals surface area contributed by atoms with Crippen LogP contribution in [0.4, 0.5) is 0 Å². The maximum atomic E-state index is 7.57. The molecule has 0 bridgehead atoms. The Morgan fingerprint density at radius 1 is 1.11 bits per heavy atom. The van der Waals surface area contributed by atoms with Crippen molar-refractivity contribution in [2.45, 2.75) is 13.8 Å². The Balaban J connectivity index is -0.0000000600. The number of aliphatic hydroxyl groups excluding tert-OH is 2. The molecule has 0 radical (unpaired) electrons. The van der Waals surface area contributed by atoms with Gasteiger partial charge in [0.25, 0.3) is 0 Å². The van der Waals surface area contributed by atoms with Gasteiger partial charge in [-0.05, 0) is 13.8 Å². The van der Waals surface area contributed by atoms with Gasteiger partial charge >= 0.3 is 37.9 Å². The monoisotopic (exact) mass is 252 g/mol. The van der Waals surface area contributed by atoms with Crippen LogP contribution in [-0.2, 0) is 20.8 Å². The first-order valence-electron chi connectivity index (χ1n) is 2.42. The summed E-state index contributed by atoms with van der Waals surface area (Å²) in [7, 11) is 9.87. The zero-order valence-electron chi connectivity index (χ0n) is 5.56. The van der Waals surface area contributed by atoms with Crippen molar-refractivity contribution >= 4 is 17.0 Å². The van der Waals surface area contributed by atoms with E-state index in [1.807, 2.05) is 0 Å². The van der Waals surface area contributed by atoms with Crippen molar-refractivity contribution in [3.63, 3.8) is 0 Å². The summed E-state index contributed by atoms with van der Waals surface area (Å²) in [6, 6.07) is 0. The van der Waals surface area contributed by atoms with Crippen LogP contribution in [0.2, 0.25) is 0 Å². The molecule has 58 valence electrons. The van der Waals surface area contributed by atoms with Crippen molar-refractivity contribution in [3.8, 4) is 0 Å². The van der Waals surface area contributed by atoms with Gasteiger partial charge in [0.05, 0.1) is 0 Å². The van der Waals surface area contributed by atoms with Gasteiger partial charge in [-0.3, -0.25) is 0 Å². The van der Waals surface area contributed by atoms with E-state index in [0.29, 0.717) is 0 Å². The summed E-state index contributed by atoms with van der Waals surface area (Å²) in [5, 5.41) is 15.1. The summed E-state index contributed by atoms with van der Waals surface area (Å²) in [6.07, 6.45) is 0. The van der Waals surface area contributed by atoms with Gasteiger partial charge in [0.1, 0.15) is 0 Å². The Bertz CT molecular complexity index is 21.3. The van der Waals surface area contributed by atoms with Crippen LogP contribution < -0.4 is 0 Å². The SMILES string of the molecule is CCO.CCO.[Cl][Zr][Cl]. The molecule has 0 rings (SSSR count). The minimum atomic E-state index is -0.826. The van der Waals surface area contributed by atoms with Gasteiger partial charge in [-0.15, -0.1) is 0 Å². The molecule has 2 nitrogen and oxygen atoms in total. The molecule has 0 fully saturated rings. The number of hydrogen-bond acceptors (Lipinski definition) is 2. The Hall–Kier alpha value is 1.38. The number of rotatable bonds is 0. The van der Waals surface area contributed by atoms with Gasteiger partial charge in [0.2, 0.25) is 0 Å². The van der Waals surface area contributed by atoms with Gasteiger partial charge in [0, 0.05) is 13.2 Å². The predicted octanol–water partition coefficient (Wildman–Crippen LogP) is 1.37. The summed E-state index contributed by atoms with van der Waals surface area (Å²) in [5.74, 6) is 0. The first-order chi connectivity index (χ1) is 4.24. The number of halogens is 2. The molecule has 0 amide bonds. The maximum absolute atomic E-state index is 7.57. The average Bonchev–Trinajstić information content (AvgIpc) is 1.70. The first kappa shape index (κ1) is 16.8. The molecule has 2 N–H and O–H groups in total. The van der Waals surface area contributed by atoms with Gasteiger partial charge in [0.15, 0.2) is 0 Å². The van der Waals surface area contributed by atoms with Crippen molar-refractivity contribution in [2.24, 2.45) is 0 Å². The van der Waals surface area contributed by atoms with E-state index in [1.54, 1.807) is 13.8 Å². The average molecular weight is 254 g/mol. The van der Waals surface area contributed by atoms with Gasteiger partial charge in [-0.25, -0.2) is 0 Å². The molecule has 0 heterocycles. The Labute approximate surface area is 74.8 Å². The second-order valence-corrected chi connectivity index (χ2v) is 4.44. The fraction of sp³-hybridized carbons (Fsp3) is 1.00. The topological polar surface area (TPSA) is 40.5 Å². The minimum absolute atomic E-state index is 0.250. The zero-order chi connectivity index (χ0) is 8.12. The molecule has 0 atom stereocenters.